The van der Waals surface area contributed by atoms with Crippen LogP contribution in [0, 0.1) is 0 Å². The van der Waals surface area contributed by atoms with Crippen LogP contribution in [0.4, 0.5) is 4.79 Å². The van der Waals surface area contributed by atoms with E-state index in [4.69, 9.17) is 4.74 Å². The molecule has 0 radical (unpaired) electrons. The predicted octanol–water partition coefficient (Wildman–Crippen LogP) is 3.30. The highest BCUT2D eigenvalue weighted by atomic mass is 16.5. The fraction of sp³-hybridized carbons (Fsp3) is 0.667. The van der Waals surface area contributed by atoms with E-state index in [9.17, 15) is 4.79 Å². The molecule has 3 rings (SSSR count). The summed E-state index contributed by atoms with van der Waals surface area (Å²) in [6.45, 7) is 6.22. The third-order valence-electron chi connectivity index (χ3n) is 5.67. The van der Waals surface area contributed by atoms with E-state index < -0.39 is 0 Å². The number of likely N-dealkylation sites (tertiary alicyclic amines) is 1. The van der Waals surface area contributed by atoms with Crippen LogP contribution in [0.15, 0.2) is 30.3 Å². The van der Waals surface area contributed by atoms with Crippen LogP contribution in [0.1, 0.15) is 51.0 Å². The zero-order valence-electron chi connectivity index (χ0n) is 16.0. The lowest BCUT2D eigenvalue weighted by Gasteiger charge is -2.37. The molecule has 0 bridgehead atoms. The lowest BCUT2D eigenvalue weighted by molar-refractivity contribution is 0.125. The van der Waals surface area contributed by atoms with E-state index in [1.54, 1.807) is 0 Å². The predicted molar refractivity (Wildman–Crippen MR) is 104 cm³/mol. The van der Waals surface area contributed by atoms with E-state index in [0.717, 1.165) is 31.0 Å². The summed E-state index contributed by atoms with van der Waals surface area (Å²) in [6, 6.07) is 11.3. The molecule has 144 valence electrons. The Morgan fingerprint density at radius 1 is 1.19 bits per heavy atom. The van der Waals surface area contributed by atoms with E-state index in [0.29, 0.717) is 12.6 Å². The summed E-state index contributed by atoms with van der Waals surface area (Å²) >= 11 is 0. The molecule has 1 aromatic rings. The summed E-state index contributed by atoms with van der Waals surface area (Å²) in [4.78, 5) is 14.5. The minimum absolute atomic E-state index is 0.248. The zero-order valence-corrected chi connectivity index (χ0v) is 16.0. The molecular formula is C21H33N3O2. The van der Waals surface area contributed by atoms with Crippen molar-refractivity contribution in [3.05, 3.63) is 35.9 Å². The van der Waals surface area contributed by atoms with Crippen LogP contribution in [0.2, 0.25) is 0 Å². The average molecular weight is 360 g/mol. The van der Waals surface area contributed by atoms with Gasteiger partial charge in [-0.15, -0.1) is 0 Å². The maximum Gasteiger partial charge on any atom is 0.407 e. The van der Waals surface area contributed by atoms with E-state index >= 15 is 0 Å². The van der Waals surface area contributed by atoms with Crippen molar-refractivity contribution in [3.63, 3.8) is 0 Å². The standard InChI is InChI=1S/C21H33N3O2/c1-17-8-5-6-12-24(17)13-7-11-22-19-14-20(15-19)23-21(25)26-16-18-9-3-2-4-10-18/h2-4,9-10,17,19-20,22H,5-8,11-16H2,1H3,(H,23,25). The molecule has 0 spiro atoms. The number of nitrogens with one attached hydrogen (secondary N) is 2. The second-order valence-corrected chi connectivity index (χ2v) is 7.76. The van der Waals surface area contributed by atoms with Gasteiger partial charge in [0.1, 0.15) is 6.61 Å². The van der Waals surface area contributed by atoms with Crippen molar-refractivity contribution < 1.29 is 9.53 Å². The minimum atomic E-state index is -0.309. The fourth-order valence-corrected chi connectivity index (χ4v) is 3.91. The van der Waals surface area contributed by atoms with Gasteiger partial charge < -0.3 is 20.3 Å². The number of hydrogen-bond acceptors (Lipinski definition) is 4. The number of alkyl carbamates (subject to hydrolysis) is 1. The largest absolute Gasteiger partial charge is 0.445 e. The monoisotopic (exact) mass is 359 g/mol. The molecule has 1 unspecified atom stereocenters. The molecule has 1 aliphatic heterocycles. The number of benzene rings is 1. The summed E-state index contributed by atoms with van der Waals surface area (Å²) in [5.41, 5.74) is 1.01. The van der Waals surface area contributed by atoms with Crippen molar-refractivity contribution in [2.45, 2.75) is 70.2 Å². The highest BCUT2D eigenvalue weighted by Gasteiger charge is 2.30. The summed E-state index contributed by atoms with van der Waals surface area (Å²) < 4.78 is 5.27. The molecule has 5 nitrogen and oxygen atoms in total. The summed E-state index contributed by atoms with van der Waals surface area (Å²) in [7, 11) is 0. The van der Waals surface area contributed by atoms with Crippen molar-refractivity contribution in [3.8, 4) is 0 Å². The van der Waals surface area contributed by atoms with Gasteiger partial charge in [-0.05, 0) is 64.2 Å². The van der Waals surface area contributed by atoms with Gasteiger partial charge in [-0.3, -0.25) is 0 Å². The van der Waals surface area contributed by atoms with E-state index in [1.807, 2.05) is 30.3 Å². The molecule has 1 saturated heterocycles. The number of carbonyl (C=O) groups excluding carboxylic acids is 1. The molecule has 26 heavy (non-hydrogen) atoms. The summed E-state index contributed by atoms with van der Waals surface area (Å²) in [5.74, 6) is 0. The molecule has 0 aromatic heterocycles. The Balaban J connectivity index is 1.20. The third kappa shape index (κ3) is 5.99. The number of hydrogen-bond donors (Lipinski definition) is 2. The van der Waals surface area contributed by atoms with Gasteiger partial charge in [0.25, 0.3) is 0 Å². The van der Waals surface area contributed by atoms with Gasteiger partial charge in [0.05, 0.1) is 0 Å². The number of ether oxygens (including phenoxy) is 1. The number of nitrogens with zero attached hydrogens (tertiary/aromatic N) is 1. The molecule has 1 atom stereocenters. The van der Waals surface area contributed by atoms with E-state index in [1.165, 1.54) is 38.8 Å². The Labute approximate surface area is 157 Å². The Hall–Kier alpha value is -1.59. The molecule has 2 N–H and O–H groups in total. The van der Waals surface area contributed by atoms with Crippen LogP contribution in [-0.4, -0.2) is 48.8 Å². The summed E-state index contributed by atoms with van der Waals surface area (Å²) in [6.07, 6.45) is 6.99. The van der Waals surface area contributed by atoms with Gasteiger partial charge in [0, 0.05) is 18.1 Å². The SMILES string of the molecule is CC1CCCCN1CCCNC1CC(NC(=O)OCc2ccccc2)C1. The molecule has 1 saturated carbocycles. The minimum Gasteiger partial charge on any atom is -0.445 e. The Bertz CT molecular complexity index is 545. The van der Waals surface area contributed by atoms with Gasteiger partial charge in [-0.2, -0.15) is 0 Å². The Morgan fingerprint density at radius 2 is 2.00 bits per heavy atom. The van der Waals surface area contributed by atoms with Gasteiger partial charge in [-0.25, -0.2) is 4.79 Å². The lowest BCUT2D eigenvalue weighted by Crippen LogP contribution is -2.52. The molecule has 1 amide bonds. The molecule has 2 fully saturated rings. The van der Waals surface area contributed by atoms with Crippen LogP contribution >= 0.6 is 0 Å². The normalized spacial score (nSPS) is 26.1. The molecule has 1 heterocycles. The van der Waals surface area contributed by atoms with Crippen molar-refractivity contribution >= 4 is 6.09 Å². The fourth-order valence-electron chi connectivity index (χ4n) is 3.91. The van der Waals surface area contributed by atoms with Crippen LogP contribution in [-0.2, 0) is 11.3 Å². The molecule has 1 aromatic carbocycles. The first-order valence-corrected chi connectivity index (χ1v) is 10.2. The van der Waals surface area contributed by atoms with Crippen LogP contribution < -0.4 is 10.6 Å². The maximum atomic E-state index is 11.8. The second kappa shape index (κ2) is 9.93. The zero-order chi connectivity index (χ0) is 18.2. The van der Waals surface area contributed by atoms with Gasteiger partial charge >= 0.3 is 6.09 Å². The first-order valence-electron chi connectivity index (χ1n) is 10.2. The van der Waals surface area contributed by atoms with Crippen molar-refractivity contribution in [1.29, 1.82) is 0 Å². The Morgan fingerprint density at radius 3 is 2.77 bits per heavy atom. The van der Waals surface area contributed by atoms with Crippen LogP contribution in [0.3, 0.4) is 0 Å². The third-order valence-corrected chi connectivity index (χ3v) is 5.67. The lowest BCUT2D eigenvalue weighted by atomic mass is 9.87. The van der Waals surface area contributed by atoms with Gasteiger partial charge in [0.15, 0.2) is 0 Å². The number of rotatable bonds is 8. The first kappa shape index (κ1) is 19.2. The molecule has 2 aliphatic rings. The second-order valence-electron chi connectivity index (χ2n) is 7.76. The topological polar surface area (TPSA) is 53.6 Å². The first-order chi connectivity index (χ1) is 12.7. The summed E-state index contributed by atoms with van der Waals surface area (Å²) in [5, 5.41) is 6.57. The van der Waals surface area contributed by atoms with Gasteiger partial charge in [0.2, 0.25) is 0 Å². The van der Waals surface area contributed by atoms with Crippen molar-refractivity contribution in [2.75, 3.05) is 19.6 Å². The van der Waals surface area contributed by atoms with Gasteiger partial charge in [-0.1, -0.05) is 36.8 Å². The number of carbonyl (C=O) groups is 1. The van der Waals surface area contributed by atoms with E-state index in [2.05, 4.69) is 22.5 Å². The smallest absolute Gasteiger partial charge is 0.407 e. The van der Waals surface area contributed by atoms with E-state index in [-0.39, 0.29) is 12.1 Å². The number of amides is 1. The van der Waals surface area contributed by atoms with Crippen molar-refractivity contribution in [2.24, 2.45) is 0 Å². The highest BCUT2D eigenvalue weighted by molar-refractivity contribution is 5.67. The highest BCUT2D eigenvalue weighted by Crippen LogP contribution is 2.20. The van der Waals surface area contributed by atoms with Crippen molar-refractivity contribution in [1.82, 2.24) is 15.5 Å². The quantitative estimate of drug-likeness (QED) is 0.699. The molecule has 5 heteroatoms. The average Bonchev–Trinajstić information content (AvgIpc) is 2.63. The van der Waals surface area contributed by atoms with Crippen LogP contribution in [0.25, 0.3) is 0 Å². The van der Waals surface area contributed by atoms with Crippen LogP contribution in [0.5, 0.6) is 0 Å². The molecular weight excluding hydrogens is 326 g/mol. The number of piperidine rings is 1. The maximum absolute atomic E-state index is 11.8. The molecule has 1 aliphatic carbocycles. The Kier molecular flexibility index (Phi) is 7.32.